The van der Waals surface area contributed by atoms with E-state index in [1.807, 2.05) is 13.8 Å². The van der Waals surface area contributed by atoms with Crippen molar-refractivity contribution in [2.75, 3.05) is 11.4 Å². The smallest absolute Gasteiger partial charge is 0.391 e. The van der Waals surface area contributed by atoms with Gasteiger partial charge in [0.25, 0.3) is 0 Å². The minimum Gasteiger partial charge on any atom is -0.391 e. The Morgan fingerprint density at radius 2 is 2.10 bits per heavy atom. The van der Waals surface area contributed by atoms with Crippen LogP contribution >= 0.6 is 11.3 Å². The standard InChI is InChI=1S/C13H19F3N2OS/c1-3-8(2)11-10(6-19)20-12(17-11)18(9-4-5-9)7-13(14,15)16/h8-9,19H,3-7H2,1-2H3. The van der Waals surface area contributed by atoms with Crippen LogP contribution in [-0.2, 0) is 6.61 Å². The van der Waals surface area contributed by atoms with Crippen molar-refractivity contribution in [2.24, 2.45) is 0 Å². The van der Waals surface area contributed by atoms with Gasteiger partial charge in [-0.25, -0.2) is 4.98 Å². The zero-order valence-electron chi connectivity index (χ0n) is 11.6. The monoisotopic (exact) mass is 308 g/mol. The Kier molecular flexibility index (Phi) is 4.59. The first-order chi connectivity index (χ1) is 9.35. The molecule has 1 atom stereocenters. The van der Waals surface area contributed by atoms with E-state index in [0.717, 1.165) is 25.0 Å². The molecule has 0 radical (unpaired) electrons. The van der Waals surface area contributed by atoms with E-state index in [9.17, 15) is 18.3 Å². The first-order valence-corrected chi connectivity index (χ1v) is 7.61. The van der Waals surface area contributed by atoms with Gasteiger partial charge in [0.2, 0.25) is 0 Å². The van der Waals surface area contributed by atoms with Crippen LogP contribution in [0, 0.1) is 0 Å². The highest BCUT2D eigenvalue weighted by atomic mass is 32.1. The highest BCUT2D eigenvalue weighted by Crippen LogP contribution is 2.39. The second-order valence-electron chi connectivity index (χ2n) is 5.25. The van der Waals surface area contributed by atoms with Gasteiger partial charge >= 0.3 is 6.18 Å². The maximum absolute atomic E-state index is 12.7. The van der Waals surface area contributed by atoms with Crippen molar-refractivity contribution < 1.29 is 18.3 Å². The van der Waals surface area contributed by atoms with Gasteiger partial charge in [0.1, 0.15) is 6.54 Å². The van der Waals surface area contributed by atoms with Gasteiger partial charge in [-0.3, -0.25) is 0 Å². The number of thiazole rings is 1. The normalized spacial score (nSPS) is 17.3. The Morgan fingerprint density at radius 1 is 1.45 bits per heavy atom. The third-order valence-corrected chi connectivity index (χ3v) is 4.62. The molecule has 0 spiro atoms. The summed E-state index contributed by atoms with van der Waals surface area (Å²) < 4.78 is 38.0. The first-order valence-electron chi connectivity index (χ1n) is 6.79. The average Bonchev–Trinajstić information content (AvgIpc) is 3.12. The molecule has 1 heterocycles. The summed E-state index contributed by atoms with van der Waals surface area (Å²) in [4.78, 5) is 6.41. The minimum absolute atomic E-state index is 0.0564. The van der Waals surface area contributed by atoms with E-state index in [1.165, 1.54) is 16.2 Å². The summed E-state index contributed by atoms with van der Waals surface area (Å²) in [5.74, 6) is 0.147. The van der Waals surface area contributed by atoms with Crippen LogP contribution < -0.4 is 4.90 Å². The van der Waals surface area contributed by atoms with E-state index in [0.29, 0.717) is 10.0 Å². The van der Waals surface area contributed by atoms with Gasteiger partial charge in [0.15, 0.2) is 5.13 Å². The van der Waals surface area contributed by atoms with Gasteiger partial charge in [-0.15, -0.1) is 0 Å². The lowest BCUT2D eigenvalue weighted by atomic mass is 10.0. The first kappa shape index (κ1) is 15.6. The Hall–Kier alpha value is -0.820. The quantitative estimate of drug-likeness (QED) is 0.871. The zero-order chi connectivity index (χ0) is 14.9. The number of aliphatic hydroxyl groups excluding tert-OH is 1. The van der Waals surface area contributed by atoms with Crippen molar-refractivity contribution in [3.8, 4) is 0 Å². The van der Waals surface area contributed by atoms with Crippen molar-refractivity contribution in [3.05, 3.63) is 10.6 Å². The average molecular weight is 308 g/mol. The van der Waals surface area contributed by atoms with Crippen LogP contribution in [0.25, 0.3) is 0 Å². The minimum atomic E-state index is -4.23. The molecule has 1 aliphatic rings. The molecule has 0 amide bonds. The predicted molar refractivity (Wildman–Crippen MR) is 73.2 cm³/mol. The summed E-state index contributed by atoms with van der Waals surface area (Å²) in [5, 5.41) is 9.77. The van der Waals surface area contributed by atoms with Crippen LogP contribution in [0.1, 0.15) is 49.6 Å². The fraction of sp³-hybridized carbons (Fsp3) is 0.769. The molecule has 1 aliphatic carbocycles. The molecule has 114 valence electrons. The number of aliphatic hydroxyl groups is 1. The van der Waals surface area contributed by atoms with E-state index in [1.54, 1.807) is 0 Å². The molecule has 1 aromatic rings. The number of anilines is 1. The molecule has 1 N–H and O–H groups in total. The summed E-state index contributed by atoms with van der Waals surface area (Å²) >= 11 is 1.19. The van der Waals surface area contributed by atoms with Crippen molar-refractivity contribution in [1.29, 1.82) is 0 Å². The number of nitrogens with zero attached hydrogens (tertiary/aromatic N) is 2. The van der Waals surface area contributed by atoms with Gasteiger partial charge in [-0.1, -0.05) is 25.2 Å². The van der Waals surface area contributed by atoms with E-state index >= 15 is 0 Å². The second kappa shape index (κ2) is 5.89. The lowest BCUT2D eigenvalue weighted by Gasteiger charge is -2.22. The van der Waals surface area contributed by atoms with E-state index < -0.39 is 12.7 Å². The number of halogens is 3. The van der Waals surface area contributed by atoms with Gasteiger partial charge in [0, 0.05) is 6.04 Å². The predicted octanol–water partition coefficient (Wildman–Crippen LogP) is 3.68. The number of alkyl halides is 3. The molecule has 0 aromatic carbocycles. The topological polar surface area (TPSA) is 36.4 Å². The van der Waals surface area contributed by atoms with Crippen molar-refractivity contribution >= 4 is 16.5 Å². The molecule has 20 heavy (non-hydrogen) atoms. The molecule has 0 saturated heterocycles. The van der Waals surface area contributed by atoms with Crippen LogP contribution in [0.2, 0.25) is 0 Å². The Labute approximate surface area is 120 Å². The van der Waals surface area contributed by atoms with Crippen LogP contribution in [0.15, 0.2) is 0 Å². The molecular weight excluding hydrogens is 289 g/mol. The molecule has 3 nitrogen and oxygen atoms in total. The summed E-state index contributed by atoms with van der Waals surface area (Å²) in [7, 11) is 0. The highest BCUT2D eigenvalue weighted by Gasteiger charge is 2.39. The van der Waals surface area contributed by atoms with Gasteiger partial charge in [-0.05, 0) is 25.2 Å². The molecule has 1 unspecified atom stereocenters. The molecule has 0 bridgehead atoms. The maximum Gasteiger partial charge on any atom is 0.406 e. The fourth-order valence-electron chi connectivity index (χ4n) is 2.10. The molecule has 1 saturated carbocycles. The molecule has 7 heteroatoms. The van der Waals surface area contributed by atoms with Crippen LogP contribution in [0.4, 0.5) is 18.3 Å². The maximum atomic E-state index is 12.7. The number of aromatic nitrogens is 1. The molecule has 1 fully saturated rings. The SMILES string of the molecule is CCC(C)c1nc(N(CC(F)(F)F)C2CC2)sc1CO. The van der Waals surface area contributed by atoms with E-state index in [2.05, 4.69) is 4.98 Å². The molecule has 0 aliphatic heterocycles. The third-order valence-electron chi connectivity index (χ3n) is 3.52. The number of rotatable bonds is 6. The van der Waals surface area contributed by atoms with Gasteiger partial charge in [0.05, 0.1) is 17.2 Å². The van der Waals surface area contributed by atoms with Gasteiger partial charge in [-0.2, -0.15) is 13.2 Å². The van der Waals surface area contributed by atoms with Crippen molar-refractivity contribution in [3.63, 3.8) is 0 Å². The van der Waals surface area contributed by atoms with Crippen molar-refractivity contribution in [2.45, 2.75) is 57.9 Å². The molecule has 2 rings (SSSR count). The third kappa shape index (κ3) is 3.63. The van der Waals surface area contributed by atoms with E-state index in [4.69, 9.17) is 0 Å². The highest BCUT2D eigenvalue weighted by molar-refractivity contribution is 7.15. The summed E-state index contributed by atoms with van der Waals surface area (Å²) in [6, 6.07) is -0.0564. The summed E-state index contributed by atoms with van der Waals surface area (Å²) in [5.41, 5.74) is 0.739. The lowest BCUT2D eigenvalue weighted by molar-refractivity contribution is -0.120. The number of hydrogen-bond acceptors (Lipinski definition) is 4. The van der Waals surface area contributed by atoms with E-state index in [-0.39, 0.29) is 18.6 Å². The fourth-order valence-corrected chi connectivity index (χ4v) is 3.21. The number of hydrogen-bond donors (Lipinski definition) is 1. The zero-order valence-corrected chi connectivity index (χ0v) is 12.4. The van der Waals surface area contributed by atoms with Crippen molar-refractivity contribution in [1.82, 2.24) is 4.98 Å². The van der Waals surface area contributed by atoms with Crippen LogP contribution in [-0.4, -0.2) is 28.9 Å². The second-order valence-corrected chi connectivity index (χ2v) is 6.31. The van der Waals surface area contributed by atoms with Crippen LogP contribution in [0.5, 0.6) is 0 Å². The Morgan fingerprint density at radius 3 is 2.55 bits per heavy atom. The summed E-state index contributed by atoms with van der Waals surface area (Å²) in [6.07, 6.45) is -1.82. The van der Waals surface area contributed by atoms with Crippen LogP contribution in [0.3, 0.4) is 0 Å². The lowest BCUT2D eigenvalue weighted by Crippen LogP contribution is -2.35. The Bertz CT molecular complexity index is 457. The largest absolute Gasteiger partial charge is 0.406 e. The Balaban J connectivity index is 2.27. The van der Waals surface area contributed by atoms with Gasteiger partial charge < -0.3 is 10.0 Å². The molecule has 1 aromatic heterocycles. The summed E-state index contributed by atoms with van der Waals surface area (Å²) in [6.45, 7) is 2.85. The molecular formula is C13H19F3N2OS.